The van der Waals surface area contributed by atoms with Crippen molar-refractivity contribution in [2.24, 2.45) is 5.73 Å². The maximum atomic E-state index is 5.81. The Morgan fingerprint density at radius 2 is 2.30 bits per heavy atom. The molecule has 1 saturated heterocycles. The molecule has 1 aliphatic rings. The molecule has 1 heterocycles. The molecule has 20 heavy (non-hydrogen) atoms. The lowest BCUT2D eigenvalue weighted by Gasteiger charge is -2.30. The summed E-state index contributed by atoms with van der Waals surface area (Å²) in [6.07, 6.45) is 3.78. The number of rotatable bonds is 5. The van der Waals surface area contributed by atoms with Crippen LogP contribution in [-0.4, -0.2) is 38.4 Å². The number of benzene rings is 1. The lowest BCUT2D eigenvalue weighted by Crippen LogP contribution is -2.34. The van der Waals surface area contributed by atoms with Crippen LogP contribution in [0.4, 0.5) is 5.69 Å². The minimum absolute atomic E-state index is 0.277. The lowest BCUT2D eigenvalue weighted by atomic mass is 10.1. The number of nitrogens with two attached hydrogens (primary N) is 1. The van der Waals surface area contributed by atoms with E-state index in [0.717, 1.165) is 43.0 Å². The maximum Gasteiger partial charge on any atom is 0.120 e. The SMILES string of the molecule is COc1ccc(C(N)=S)c(N(C)CC2CCCCO2)c1. The van der Waals surface area contributed by atoms with Crippen LogP contribution in [0.25, 0.3) is 0 Å². The Morgan fingerprint density at radius 3 is 2.90 bits per heavy atom. The van der Waals surface area contributed by atoms with Gasteiger partial charge in [0.05, 0.1) is 18.9 Å². The zero-order valence-electron chi connectivity index (χ0n) is 12.1. The number of nitrogens with zero attached hydrogens (tertiary/aromatic N) is 1. The first kappa shape index (κ1) is 15.1. The number of thiocarbonyl (C=S) groups is 1. The van der Waals surface area contributed by atoms with Gasteiger partial charge in [-0.3, -0.25) is 0 Å². The molecule has 110 valence electrons. The van der Waals surface area contributed by atoms with E-state index in [0.29, 0.717) is 4.99 Å². The molecule has 0 aliphatic carbocycles. The highest BCUT2D eigenvalue weighted by molar-refractivity contribution is 7.80. The van der Waals surface area contributed by atoms with E-state index in [9.17, 15) is 0 Å². The van der Waals surface area contributed by atoms with Crippen molar-refractivity contribution >= 4 is 22.9 Å². The Balaban J connectivity index is 2.17. The van der Waals surface area contributed by atoms with Crippen molar-refractivity contribution in [3.05, 3.63) is 23.8 Å². The second kappa shape index (κ2) is 6.90. The Bertz CT molecular complexity index is 473. The number of likely N-dealkylation sites (N-methyl/N-ethyl adjacent to an activating group) is 1. The van der Waals surface area contributed by atoms with Gasteiger partial charge in [-0.25, -0.2) is 0 Å². The van der Waals surface area contributed by atoms with E-state index in [1.54, 1.807) is 7.11 Å². The van der Waals surface area contributed by atoms with Crippen molar-refractivity contribution in [1.29, 1.82) is 0 Å². The molecule has 1 aromatic carbocycles. The number of anilines is 1. The van der Waals surface area contributed by atoms with Gasteiger partial charge in [-0.2, -0.15) is 0 Å². The largest absolute Gasteiger partial charge is 0.497 e. The Morgan fingerprint density at radius 1 is 1.50 bits per heavy atom. The fourth-order valence-electron chi connectivity index (χ4n) is 2.52. The number of hydrogen-bond donors (Lipinski definition) is 1. The van der Waals surface area contributed by atoms with Crippen molar-refractivity contribution in [3.8, 4) is 5.75 Å². The van der Waals surface area contributed by atoms with Crippen LogP contribution in [0.2, 0.25) is 0 Å². The van der Waals surface area contributed by atoms with Gasteiger partial charge in [-0.15, -0.1) is 0 Å². The monoisotopic (exact) mass is 294 g/mol. The quantitative estimate of drug-likeness (QED) is 0.845. The number of hydrogen-bond acceptors (Lipinski definition) is 4. The fourth-order valence-corrected chi connectivity index (χ4v) is 2.69. The zero-order chi connectivity index (χ0) is 14.5. The first-order valence-electron chi connectivity index (χ1n) is 6.92. The van der Waals surface area contributed by atoms with E-state index in [-0.39, 0.29) is 6.10 Å². The summed E-state index contributed by atoms with van der Waals surface area (Å²) >= 11 is 5.13. The molecular formula is C15H22N2O2S. The summed E-state index contributed by atoms with van der Waals surface area (Å²) in [6, 6.07) is 5.76. The topological polar surface area (TPSA) is 47.7 Å². The third-order valence-electron chi connectivity index (χ3n) is 3.63. The summed E-state index contributed by atoms with van der Waals surface area (Å²) < 4.78 is 11.1. The first-order chi connectivity index (χ1) is 9.61. The highest BCUT2D eigenvalue weighted by Crippen LogP contribution is 2.26. The molecule has 0 bridgehead atoms. The van der Waals surface area contributed by atoms with Crippen molar-refractivity contribution < 1.29 is 9.47 Å². The highest BCUT2D eigenvalue weighted by atomic mass is 32.1. The average molecular weight is 294 g/mol. The van der Waals surface area contributed by atoms with Gasteiger partial charge in [0.2, 0.25) is 0 Å². The third kappa shape index (κ3) is 3.61. The molecule has 1 aromatic rings. The van der Waals surface area contributed by atoms with Crippen molar-refractivity contribution in [2.45, 2.75) is 25.4 Å². The van der Waals surface area contributed by atoms with Gasteiger partial charge in [-0.1, -0.05) is 12.2 Å². The molecule has 1 fully saturated rings. The molecule has 1 aliphatic heterocycles. The lowest BCUT2D eigenvalue weighted by molar-refractivity contribution is 0.0216. The van der Waals surface area contributed by atoms with Crippen LogP contribution in [0.1, 0.15) is 24.8 Å². The van der Waals surface area contributed by atoms with E-state index in [4.69, 9.17) is 27.4 Å². The molecule has 0 aromatic heterocycles. The molecule has 4 nitrogen and oxygen atoms in total. The molecule has 0 radical (unpaired) electrons. The fraction of sp³-hybridized carbons (Fsp3) is 0.533. The van der Waals surface area contributed by atoms with Gasteiger partial charge >= 0.3 is 0 Å². The van der Waals surface area contributed by atoms with Crippen LogP contribution in [0.3, 0.4) is 0 Å². The van der Waals surface area contributed by atoms with E-state index in [1.165, 1.54) is 6.42 Å². The van der Waals surface area contributed by atoms with Crippen LogP contribution in [0, 0.1) is 0 Å². The summed E-state index contributed by atoms with van der Waals surface area (Å²) in [6.45, 7) is 1.70. The summed E-state index contributed by atoms with van der Waals surface area (Å²) in [4.78, 5) is 2.55. The van der Waals surface area contributed by atoms with Gasteiger partial charge in [0, 0.05) is 31.8 Å². The maximum absolute atomic E-state index is 5.81. The van der Waals surface area contributed by atoms with Crippen molar-refractivity contribution in [1.82, 2.24) is 0 Å². The van der Waals surface area contributed by atoms with Gasteiger partial charge in [0.1, 0.15) is 10.7 Å². The van der Waals surface area contributed by atoms with Gasteiger partial charge in [0.15, 0.2) is 0 Å². The summed E-state index contributed by atoms with van der Waals surface area (Å²) in [5.74, 6) is 0.802. The summed E-state index contributed by atoms with van der Waals surface area (Å²) in [5.41, 5.74) is 7.68. The van der Waals surface area contributed by atoms with Crippen LogP contribution < -0.4 is 15.4 Å². The molecule has 1 unspecified atom stereocenters. The Hall–Kier alpha value is -1.33. The second-order valence-corrected chi connectivity index (χ2v) is 5.56. The van der Waals surface area contributed by atoms with E-state index in [2.05, 4.69) is 4.90 Å². The minimum atomic E-state index is 0.277. The van der Waals surface area contributed by atoms with Crippen LogP contribution in [0.5, 0.6) is 5.75 Å². The summed E-state index contributed by atoms with van der Waals surface area (Å²) in [7, 11) is 3.69. The average Bonchev–Trinajstić information content (AvgIpc) is 2.47. The van der Waals surface area contributed by atoms with Gasteiger partial charge in [0.25, 0.3) is 0 Å². The smallest absolute Gasteiger partial charge is 0.120 e. The van der Waals surface area contributed by atoms with E-state index >= 15 is 0 Å². The Labute approximate surface area is 125 Å². The molecule has 2 rings (SSSR count). The molecular weight excluding hydrogens is 272 g/mol. The van der Waals surface area contributed by atoms with Gasteiger partial charge < -0.3 is 20.1 Å². The summed E-state index contributed by atoms with van der Waals surface area (Å²) in [5, 5.41) is 0. The van der Waals surface area contributed by atoms with Crippen molar-refractivity contribution in [3.63, 3.8) is 0 Å². The van der Waals surface area contributed by atoms with Gasteiger partial charge in [-0.05, 0) is 31.4 Å². The van der Waals surface area contributed by atoms with Crippen LogP contribution in [0.15, 0.2) is 18.2 Å². The van der Waals surface area contributed by atoms with Crippen molar-refractivity contribution in [2.75, 3.05) is 32.2 Å². The number of ether oxygens (including phenoxy) is 2. The predicted molar refractivity (Wildman–Crippen MR) is 85.7 cm³/mol. The molecule has 0 spiro atoms. The Kier molecular flexibility index (Phi) is 5.20. The first-order valence-corrected chi connectivity index (χ1v) is 7.33. The normalized spacial score (nSPS) is 18.6. The highest BCUT2D eigenvalue weighted by Gasteiger charge is 2.18. The molecule has 0 amide bonds. The predicted octanol–water partition coefficient (Wildman–Crippen LogP) is 2.33. The molecule has 2 N–H and O–H groups in total. The minimum Gasteiger partial charge on any atom is -0.497 e. The molecule has 5 heteroatoms. The van der Waals surface area contributed by atoms with E-state index < -0.39 is 0 Å². The third-order valence-corrected chi connectivity index (χ3v) is 3.85. The van der Waals surface area contributed by atoms with Crippen LogP contribution >= 0.6 is 12.2 Å². The number of methoxy groups -OCH3 is 1. The zero-order valence-corrected chi connectivity index (χ0v) is 12.9. The van der Waals surface area contributed by atoms with Crippen LogP contribution in [-0.2, 0) is 4.74 Å². The van der Waals surface area contributed by atoms with E-state index in [1.807, 2.05) is 25.2 Å². The standard InChI is InChI=1S/C15H22N2O2S/c1-17(10-12-5-3-4-8-19-12)14-9-11(18-2)6-7-13(14)15(16)20/h6-7,9,12H,3-5,8,10H2,1-2H3,(H2,16,20). The molecule has 0 saturated carbocycles. The molecule has 1 atom stereocenters. The second-order valence-electron chi connectivity index (χ2n) is 5.12.